The largest absolute Gasteiger partial charge is 0.400 e. The van der Waals surface area contributed by atoms with Crippen molar-refractivity contribution in [1.82, 2.24) is 0 Å². The lowest BCUT2D eigenvalue weighted by Crippen LogP contribution is -2.52. The maximum atomic E-state index is 7.00. The second kappa shape index (κ2) is 7.26. The van der Waals surface area contributed by atoms with E-state index in [1.165, 1.54) is 56.9 Å². The van der Waals surface area contributed by atoms with Gasteiger partial charge in [0.1, 0.15) is 0 Å². The Hall–Kier alpha value is -0.300. The zero-order chi connectivity index (χ0) is 19.3. The Bertz CT molecular complexity index is 524. The van der Waals surface area contributed by atoms with Crippen LogP contribution in [0.3, 0.4) is 0 Å². The average molecular weight is 361 g/mol. The first kappa shape index (κ1) is 20.4. The fraction of sp³-hybridized carbons (Fsp3) is 0.920. The summed E-state index contributed by atoms with van der Waals surface area (Å²) < 4.78 is 0. The Kier molecular flexibility index (Phi) is 5.71. The molecule has 0 spiro atoms. The minimum atomic E-state index is 0.558. The number of aliphatic hydroxyl groups excluding tert-OH is 1. The van der Waals surface area contributed by atoms with Crippen LogP contribution in [0.5, 0.6) is 0 Å². The van der Waals surface area contributed by atoms with Crippen molar-refractivity contribution < 1.29 is 5.11 Å². The number of fused-ring (bicyclic) bond motifs is 5. The van der Waals surface area contributed by atoms with Gasteiger partial charge < -0.3 is 5.11 Å². The predicted octanol–water partition coefficient (Wildman–Crippen LogP) is 6.71. The van der Waals surface area contributed by atoms with Gasteiger partial charge in [-0.15, -0.1) is 0 Å². The second-order valence-electron chi connectivity index (χ2n) is 11.2. The van der Waals surface area contributed by atoms with Crippen LogP contribution in [0.4, 0.5) is 0 Å². The third-order valence-corrected chi connectivity index (χ3v) is 9.65. The fourth-order valence-electron chi connectivity index (χ4n) is 8.91. The Morgan fingerprint density at radius 3 is 2.27 bits per heavy atom. The van der Waals surface area contributed by atoms with Crippen LogP contribution in [0.1, 0.15) is 86.0 Å². The normalized spacial score (nSPS) is 52.8. The van der Waals surface area contributed by atoms with Gasteiger partial charge in [0, 0.05) is 7.11 Å². The molecular weight excluding hydrogens is 316 g/mol. The molecule has 0 amide bonds. The van der Waals surface area contributed by atoms with Gasteiger partial charge in [0.15, 0.2) is 0 Å². The van der Waals surface area contributed by atoms with Gasteiger partial charge in [0.05, 0.1) is 0 Å². The van der Waals surface area contributed by atoms with Crippen LogP contribution in [0.25, 0.3) is 0 Å². The molecule has 1 N–H and O–H groups in total. The Morgan fingerprint density at radius 2 is 1.62 bits per heavy atom. The predicted molar refractivity (Wildman–Crippen MR) is 112 cm³/mol. The molecule has 0 radical (unpaired) electrons. The van der Waals surface area contributed by atoms with E-state index in [0.29, 0.717) is 10.8 Å². The Labute approximate surface area is 163 Å². The van der Waals surface area contributed by atoms with Crippen molar-refractivity contribution >= 4 is 0 Å². The van der Waals surface area contributed by atoms with E-state index in [1.54, 1.807) is 0 Å². The molecule has 0 aromatic heterocycles. The van der Waals surface area contributed by atoms with Gasteiger partial charge in [-0.2, -0.15) is 0 Å². The SMILES string of the molecule is C=C(C)C1CC(C)C2C3CCC4(C)CC(C)CCC4C3CCC12C.CO. The van der Waals surface area contributed by atoms with Crippen LogP contribution in [-0.4, -0.2) is 12.2 Å². The van der Waals surface area contributed by atoms with E-state index in [4.69, 9.17) is 5.11 Å². The highest BCUT2D eigenvalue weighted by Crippen LogP contribution is 2.68. The number of rotatable bonds is 1. The molecule has 150 valence electrons. The molecule has 4 rings (SSSR count). The van der Waals surface area contributed by atoms with Crippen molar-refractivity contribution in [2.45, 2.75) is 86.0 Å². The number of hydrogen-bond donors (Lipinski definition) is 1. The Morgan fingerprint density at radius 1 is 0.962 bits per heavy atom. The summed E-state index contributed by atoms with van der Waals surface area (Å²) >= 11 is 0. The number of hydrogen-bond acceptors (Lipinski definition) is 1. The van der Waals surface area contributed by atoms with E-state index in [9.17, 15) is 0 Å². The molecule has 0 aliphatic heterocycles. The fourth-order valence-corrected chi connectivity index (χ4v) is 8.91. The molecule has 4 saturated carbocycles. The van der Waals surface area contributed by atoms with Crippen molar-refractivity contribution in [2.75, 3.05) is 7.11 Å². The smallest absolute Gasteiger partial charge is 0.0319 e. The molecule has 1 nitrogen and oxygen atoms in total. The van der Waals surface area contributed by atoms with E-state index in [2.05, 4.69) is 41.2 Å². The molecule has 0 saturated heterocycles. The molecule has 0 aromatic rings. The van der Waals surface area contributed by atoms with E-state index in [0.717, 1.165) is 48.5 Å². The molecule has 0 aromatic carbocycles. The molecule has 9 atom stereocenters. The number of allylic oxidation sites excluding steroid dienone is 1. The first-order valence-electron chi connectivity index (χ1n) is 11.4. The van der Waals surface area contributed by atoms with E-state index in [-0.39, 0.29) is 0 Å². The first-order chi connectivity index (χ1) is 12.3. The maximum Gasteiger partial charge on any atom is 0.0319 e. The second-order valence-corrected chi connectivity index (χ2v) is 11.2. The monoisotopic (exact) mass is 360 g/mol. The lowest BCUT2D eigenvalue weighted by Gasteiger charge is -2.60. The molecule has 26 heavy (non-hydrogen) atoms. The Balaban J connectivity index is 0.000000948. The molecule has 4 fully saturated rings. The molecule has 0 heterocycles. The molecule has 4 aliphatic carbocycles. The van der Waals surface area contributed by atoms with Crippen LogP contribution in [0, 0.1) is 52.3 Å². The summed E-state index contributed by atoms with van der Waals surface area (Å²) in [6, 6.07) is 0. The number of aliphatic hydroxyl groups is 1. The molecule has 1 heteroatoms. The van der Waals surface area contributed by atoms with Gasteiger partial charge >= 0.3 is 0 Å². The molecular formula is C25H44O. The summed E-state index contributed by atoms with van der Waals surface area (Å²) in [6.45, 7) is 17.1. The summed E-state index contributed by atoms with van der Waals surface area (Å²) in [4.78, 5) is 0. The van der Waals surface area contributed by atoms with Crippen LogP contribution < -0.4 is 0 Å². The van der Waals surface area contributed by atoms with Crippen molar-refractivity contribution in [3.8, 4) is 0 Å². The van der Waals surface area contributed by atoms with Gasteiger partial charge in [-0.25, -0.2) is 0 Å². The standard InChI is InChI=1S/C24H40.CH4O/c1-15(2)21-13-17(4)22-19-9-11-23(5)14-16(3)7-8-20(23)18(19)10-12-24(21,22)6;1-2/h16-22H,1,7-14H2,2-6H3;2H,1H3. The highest BCUT2D eigenvalue weighted by molar-refractivity contribution is 5.16. The summed E-state index contributed by atoms with van der Waals surface area (Å²) in [5, 5.41) is 7.00. The maximum absolute atomic E-state index is 7.00. The first-order valence-corrected chi connectivity index (χ1v) is 11.4. The van der Waals surface area contributed by atoms with Gasteiger partial charge in [0.25, 0.3) is 0 Å². The van der Waals surface area contributed by atoms with Crippen LogP contribution in [0.15, 0.2) is 12.2 Å². The molecule has 4 aliphatic rings. The topological polar surface area (TPSA) is 20.2 Å². The zero-order valence-corrected chi connectivity index (χ0v) is 18.4. The van der Waals surface area contributed by atoms with Gasteiger partial charge in [-0.3, -0.25) is 0 Å². The summed E-state index contributed by atoms with van der Waals surface area (Å²) in [5.41, 5.74) is 2.70. The van der Waals surface area contributed by atoms with Crippen molar-refractivity contribution in [1.29, 1.82) is 0 Å². The third kappa shape index (κ3) is 3.01. The third-order valence-electron chi connectivity index (χ3n) is 9.65. The van der Waals surface area contributed by atoms with Gasteiger partial charge in [-0.05, 0) is 104 Å². The van der Waals surface area contributed by atoms with E-state index >= 15 is 0 Å². The van der Waals surface area contributed by atoms with Crippen LogP contribution in [0.2, 0.25) is 0 Å². The lowest BCUT2D eigenvalue weighted by atomic mass is 9.45. The van der Waals surface area contributed by atoms with Gasteiger partial charge in [0.2, 0.25) is 0 Å². The summed E-state index contributed by atoms with van der Waals surface area (Å²) in [5.74, 6) is 6.74. The molecule has 9 unspecified atom stereocenters. The van der Waals surface area contributed by atoms with Crippen molar-refractivity contribution in [3.63, 3.8) is 0 Å². The highest BCUT2D eigenvalue weighted by Gasteiger charge is 2.60. The summed E-state index contributed by atoms with van der Waals surface area (Å²) in [6.07, 6.45) is 12.0. The average Bonchev–Trinajstić information content (AvgIpc) is 2.87. The van der Waals surface area contributed by atoms with Crippen LogP contribution in [-0.2, 0) is 0 Å². The van der Waals surface area contributed by atoms with Gasteiger partial charge in [-0.1, -0.05) is 46.3 Å². The lowest BCUT2D eigenvalue weighted by molar-refractivity contribution is -0.107. The van der Waals surface area contributed by atoms with E-state index in [1.807, 2.05) is 0 Å². The van der Waals surface area contributed by atoms with Crippen molar-refractivity contribution in [3.05, 3.63) is 12.2 Å². The van der Waals surface area contributed by atoms with E-state index < -0.39 is 0 Å². The zero-order valence-electron chi connectivity index (χ0n) is 18.4. The quantitative estimate of drug-likeness (QED) is 0.515. The summed E-state index contributed by atoms with van der Waals surface area (Å²) in [7, 11) is 1.00. The minimum absolute atomic E-state index is 0.558. The molecule has 0 bridgehead atoms. The van der Waals surface area contributed by atoms with Crippen LogP contribution >= 0.6 is 0 Å². The van der Waals surface area contributed by atoms with Crippen molar-refractivity contribution in [2.24, 2.45) is 52.3 Å². The highest BCUT2D eigenvalue weighted by atomic mass is 16.2. The minimum Gasteiger partial charge on any atom is -0.400 e.